The van der Waals surface area contributed by atoms with Gasteiger partial charge in [0, 0.05) is 18.5 Å². The Morgan fingerprint density at radius 3 is 2.89 bits per heavy atom. The fourth-order valence-electron chi connectivity index (χ4n) is 2.51. The average Bonchev–Trinajstić information content (AvgIpc) is 2.41. The van der Waals surface area contributed by atoms with E-state index < -0.39 is 9.84 Å². The lowest BCUT2D eigenvalue weighted by atomic mass is 10.0. The van der Waals surface area contributed by atoms with Crippen LogP contribution in [-0.4, -0.2) is 20.2 Å². The second kappa shape index (κ2) is 5.77. The van der Waals surface area contributed by atoms with E-state index in [2.05, 4.69) is 18.2 Å². The molecule has 0 amide bonds. The summed E-state index contributed by atoms with van der Waals surface area (Å²) in [6, 6.07) is 7.57. The zero-order valence-corrected chi connectivity index (χ0v) is 11.9. The van der Waals surface area contributed by atoms with Crippen molar-refractivity contribution in [3.8, 4) is 12.3 Å². The molecule has 19 heavy (non-hydrogen) atoms. The number of sulfone groups is 1. The van der Waals surface area contributed by atoms with E-state index in [-0.39, 0.29) is 17.8 Å². The van der Waals surface area contributed by atoms with Gasteiger partial charge in [-0.25, -0.2) is 8.42 Å². The molecule has 0 saturated heterocycles. The SMILES string of the molecule is C#CCC(CC)NC1CCS(=O)(=O)c2ccccc21. The van der Waals surface area contributed by atoms with E-state index in [1.807, 2.05) is 12.1 Å². The van der Waals surface area contributed by atoms with Crippen molar-refractivity contribution in [2.45, 2.75) is 43.2 Å². The number of hydrogen-bond donors (Lipinski definition) is 1. The first-order chi connectivity index (χ1) is 9.08. The Labute approximate surface area is 115 Å². The molecule has 4 heteroatoms. The van der Waals surface area contributed by atoms with Gasteiger partial charge in [0.25, 0.3) is 0 Å². The third-order valence-electron chi connectivity index (χ3n) is 3.60. The molecule has 0 aromatic heterocycles. The Bertz CT molecular complexity index is 586. The lowest BCUT2D eigenvalue weighted by molar-refractivity contribution is 0.410. The Hall–Kier alpha value is -1.31. The highest BCUT2D eigenvalue weighted by Gasteiger charge is 2.30. The number of fused-ring (bicyclic) bond motifs is 1. The lowest BCUT2D eigenvalue weighted by Crippen LogP contribution is -2.36. The molecule has 0 spiro atoms. The molecular formula is C15H19NO2S. The van der Waals surface area contributed by atoms with E-state index in [4.69, 9.17) is 6.42 Å². The smallest absolute Gasteiger partial charge is 0.178 e. The summed E-state index contributed by atoms with van der Waals surface area (Å²) in [7, 11) is -3.11. The maximum atomic E-state index is 12.0. The first-order valence-electron chi connectivity index (χ1n) is 6.59. The third kappa shape index (κ3) is 2.99. The zero-order chi connectivity index (χ0) is 13.9. The first kappa shape index (κ1) is 14.1. The van der Waals surface area contributed by atoms with Gasteiger partial charge in [0.15, 0.2) is 9.84 Å². The van der Waals surface area contributed by atoms with E-state index in [1.165, 1.54) is 0 Å². The third-order valence-corrected chi connectivity index (χ3v) is 5.41. The van der Waals surface area contributed by atoms with E-state index in [9.17, 15) is 8.42 Å². The van der Waals surface area contributed by atoms with Crippen LogP contribution < -0.4 is 5.32 Å². The Kier molecular flexibility index (Phi) is 4.28. The molecule has 0 radical (unpaired) electrons. The van der Waals surface area contributed by atoms with Crippen molar-refractivity contribution in [3.63, 3.8) is 0 Å². The molecule has 0 bridgehead atoms. The molecule has 1 N–H and O–H groups in total. The fraction of sp³-hybridized carbons (Fsp3) is 0.467. The van der Waals surface area contributed by atoms with Crippen LogP contribution >= 0.6 is 0 Å². The molecule has 2 atom stereocenters. The molecule has 0 fully saturated rings. The number of terminal acetylenes is 1. The molecular weight excluding hydrogens is 258 g/mol. The number of rotatable bonds is 4. The van der Waals surface area contributed by atoms with Crippen LogP contribution in [0.1, 0.15) is 37.8 Å². The van der Waals surface area contributed by atoms with Gasteiger partial charge in [-0.2, -0.15) is 0 Å². The average molecular weight is 277 g/mol. The van der Waals surface area contributed by atoms with Gasteiger partial charge in [0.1, 0.15) is 0 Å². The summed E-state index contributed by atoms with van der Waals surface area (Å²) >= 11 is 0. The van der Waals surface area contributed by atoms with Gasteiger partial charge < -0.3 is 5.32 Å². The predicted octanol–water partition coefficient (Wildman–Crippen LogP) is 2.30. The van der Waals surface area contributed by atoms with Crippen LogP contribution in [0.4, 0.5) is 0 Å². The van der Waals surface area contributed by atoms with Crippen molar-refractivity contribution in [3.05, 3.63) is 29.8 Å². The summed E-state index contributed by atoms with van der Waals surface area (Å²) in [6.45, 7) is 2.08. The zero-order valence-electron chi connectivity index (χ0n) is 11.1. The van der Waals surface area contributed by atoms with Crippen LogP contribution in [0.25, 0.3) is 0 Å². The molecule has 3 nitrogen and oxygen atoms in total. The highest BCUT2D eigenvalue weighted by molar-refractivity contribution is 7.91. The van der Waals surface area contributed by atoms with Gasteiger partial charge >= 0.3 is 0 Å². The quantitative estimate of drug-likeness (QED) is 0.859. The van der Waals surface area contributed by atoms with Crippen molar-refractivity contribution in [1.29, 1.82) is 0 Å². The van der Waals surface area contributed by atoms with Crippen LogP contribution in [0.5, 0.6) is 0 Å². The molecule has 0 aliphatic carbocycles. The van der Waals surface area contributed by atoms with Crippen molar-refractivity contribution in [2.75, 3.05) is 5.75 Å². The van der Waals surface area contributed by atoms with Crippen LogP contribution in [0, 0.1) is 12.3 Å². The highest BCUT2D eigenvalue weighted by Crippen LogP contribution is 2.32. The van der Waals surface area contributed by atoms with Crippen LogP contribution in [-0.2, 0) is 9.84 Å². The maximum absolute atomic E-state index is 12.0. The highest BCUT2D eigenvalue weighted by atomic mass is 32.2. The molecule has 2 unspecified atom stereocenters. The van der Waals surface area contributed by atoms with Crippen LogP contribution in [0.15, 0.2) is 29.2 Å². The fourth-order valence-corrected chi connectivity index (χ4v) is 4.13. The summed E-state index contributed by atoms with van der Waals surface area (Å²) in [6.07, 6.45) is 7.58. The summed E-state index contributed by atoms with van der Waals surface area (Å²) < 4.78 is 24.1. The molecule has 102 valence electrons. The lowest BCUT2D eigenvalue weighted by Gasteiger charge is -2.29. The topological polar surface area (TPSA) is 46.2 Å². The van der Waals surface area contributed by atoms with E-state index in [1.54, 1.807) is 12.1 Å². The molecule has 2 rings (SSSR count). The van der Waals surface area contributed by atoms with Gasteiger partial charge in [0.2, 0.25) is 0 Å². The summed E-state index contributed by atoms with van der Waals surface area (Å²) in [5, 5.41) is 3.49. The molecule has 1 aromatic carbocycles. The van der Waals surface area contributed by atoms with E-state index >= 15 is 0 Å². The normalized spacial score (nSPS) is 22.2. The van der Waals surface area contributed by atoms with Crippen molar-refractivity contribution < 1.29 is 8.42 Å². The van der Waals surface area contributed by atoms with Gasteiger partial charge in [-0.15, -0.1) is 12.3 Å². The second-order valence-corrected chi connectivity index (χ2v) is 6.96. The Morgan fingerprint density at radius 1 is 1.47 bits per heavy atom. The van der Waals surface area contributed by atoms with Gasteiger partial charge in [-0.05, 0) is 24.5 Å². The van der Waals surface area contributed by atoms with Crippen LogP contribution in [0.3, 0.4) is 0 Å². The molecule has 1 aromatic rings. The second-order valence-electron chi connectivity index (χ2n) is 4.88. The Morgan fingerprint density at radius 2 is 2.21 bits per heavy atom. The summed E-state index contributed by atoms with van der Waals surface area (Å²) in [4.78, 5) is 0.467. The van der Waals surface area contributed by atoms with Crippen molar-refractivity contribution >= 4 is 9.84 Å². The number of hydrogen-bond acceptors (Lipinski definition) is 3. The minimum Gasteiger partial charge on any atom is -0.306 e. The van der Waals surface area contributed by atoms with Gasteiger partial charge in [-0.3, -0.25) is 0 Å². The van der Waals surface area contributed by atoms with Crippen LogP contribution in [0.2, 0.25) is 0 Å². The maximum Gasteiger partial charge on any atom is 0.178 e. The molecule has 1 heterocycles. The summed E-state index contributed by atoms with van der Waals surface area (Å²) in [5.41, 5.74) is 0.879. The predicted molar refractivity (Wildman–Crippen MR) is 76.5 cm³/mol. The molecule has 1 aliphatic rings. The Balaban J connectivity index is 2.28. The van der Waals surface area contributed by atoms with E-state index in [0.29, 0.717) is 17.7 Å². The number of nitrogens with one attached hydrogen (secondary N) is 1. The monoisotopic (exact) mass is 277 g/mol. The largest absolute Gasteiger partial charge is 0.306 e. The number of benzene rings is 1. The van der Waals surface area contributed by atoms with Crippen molar-refractivity contribution in [1.82, 2.24) is 5.32 Å². The first-order valence-corrected chi connectivity index (χ1v) is 8.25. The minimum absolute atomic E-state index is 0.0815. The minimum atomic E-state index is -3.11. The van der Waals surface area contributed by atoms with Gasteiger partial charge in [0.05, 0.1) is 10.6 Å². The van der Waals surface area contributed by atoms with Gasteiger partial charge in [-0.1, -0.05) is 25.1 Å². The van der Waals surface area contributed by atoms with E-state index in [0.717, 1.165) is 12.0 Å². The van der Waals surface area contributed by atoms with Crippen molar-refractivity contribution in [2.24, 2.45) is 0 Å². The molecule has 0 saturated carbocycles. The molecule has 1 aliphatic heterocycles. The summed E-state index contributed by atoms with van der Waals surface area (Å²) in [5.74, 6) is 2.87. The standard InChI is InChI=1S/C15H19NO2S/c1-3-7-12(4-2)16-14-10-11-19(17,18)15-9-6-5-8-13(14)15/h1,5-6,8-9,12,14,16H,4,7,10-11H2,2H3.